The first-order valence-electron chi connectivity index (χ1n) is 10.8. The summed E-state index contributed by atoms with van der Waals surface area (Å²) in [5, 5.41) is 9.31. The SMILES string of the molecule is CCCCCCCC(CCCCC(C)(C)C)OC(=O)c1ccccc1C(=O)O. The van der Waals surface area contributed by atoms with Crippen LogP contribution in [0.2, 0.25) is 0 Å². The summed E-state index contributed by atoms with van der Waals surface area (Å²) in [7, 11) is 0. The number of aromatic carboxylic acids is 1. The monoisotopic (exact) mass is 390 g/mol. The summed E-state index contributed by atoms with van der Waals surface area (Å²) in [6, 6.07) is 6.27. The summed E-state index contributed by atoms with van der Waals surface area (Å²) < 4.78 is 5.76. The van der Waals surface area contributed by atoms with Crippen molar-refractivity contribution in [1.29, 1.82) is 0 Å². The number of carboxylic acids is 1. The van der Waals surface area contributed by atoms with E-state index in [1.165, 1.54) is 31.4 Å². The van der Waals surface area contributed by atoms with Gasteiger partial charge in [0.25, 0.3) is 0 Å². The van der Waals surface area contributed by atoms with Crippen LogP contribution in [0.3, 0.4) is 0 Å². The fourth-order valence-electron chi connectivity index (χ4n) is 3.33. The van der Waals surface area contributed by atoms with Crippen molar-refractivity contribution < 1.29 is 19.4 Å². The van der Waals surface area contributed by atoms with Crippen molar-refractivity contribution in [2.75, 3.05) is 0 Å². The molecule has 0 bridgehead atoms. The second kappa shape index (κ2) is 12.6. The van der Waals surface area contributed by atoms with Crippen molar-refractivity contribution in [3.05, 3.63) is 35.4 Å². The molecule has 4 heteroatoms. The number of unbranched alkanes of at least 4 members (excludes halogenated alkanes) is 5. The van der Waals surface area contributed by atoms with Crippen molar-refractivity contribution in [1.82, 2.24) is 0 Å². The van der Waals surface area contributed by atoms with Crippen molar-refractivity contribution in [2.24, 2.45) is 5.41 Å². The Kier molecular flexibility index (Phi) is 10.9. The molecule has 0 fully saturated rings. The van der Waals surface area contributed by atoms with E-state index < -0.39 is 11.9 Å². The number of benzene rings is 1. The lowest BCUT2D eigenvalue weighted by molar-refractivity contribution is 0.0242. The maximum Gasteiger partial charge on any atom is 0.339 e. The Morgan fingerprint density at radius 1 is 0.929 bits per heavy atom. The molecule has 1 rings (SSSR count). The maximum atomic E-state index is 12.6. The van der Waals surface area contributed by atoms with Crippen LogP contribution in [0.25, 0.3) is 0 Å². The third-order valence-electron chi connectivity index (χ3n) is 4.98. The fourth-order valence-corrected chi connectivity index (χ4v) is 3.33. The zero-order valence-electron chi connectivity index (χ0n) is 18.1. The predicted octanol–water partition coefficient (Wildman–Crippen LogP) is 6.88. The van der Waals surface area contributed by atoms with Gasteiger partial charge >= 0.3 is 11.9 Å². The lowest BCUT2D eigenvalue weighted by Gasteiger charge is -2.21. The smallest absolute Gasteiger partial charge is 0.339 e. The number of ether oxygens (including phenoxy) is 1. The largest absolute Gasteiger partial charge is 0.478 e. The average molecular weight is 391 g/mol. The van der Waals surface area contributed by atoms with E-state index >= 15 is 0 Å². The number of rotatable bonds is 13. The topological polar surface area (TPSA) is 63.6 Å². The van der Waals surface area contributed by atoms with E-state index in [0.717, 1.165) is 44.9 Å². The van der Waals surface area contributed by atoms with Crippen molar-refractivity contribution in [2.45, 2.75) is 98.0 Å². The molecule has 0 aromatic heterocycles. The Labute approximate surface area is 170 Å². The molecule has 1 aromatic rings. The molecule has 0 radical (unpaired) electrons. The minimum Gasteiger partial charge on any atom is -0.478 e. The van der Waals surface area contributed by atoms with Gasteiger partial charge in [-0.25, -0.2) is 9.59 Å². The first kappa shape index (κ1) is 24.2. The molecule has 158 valence electrons. The molecule has 1 atom stereocenters. The van der Waals surface area contributed by atoms with E-state index in [9.17, 15) is 14.7 Å². The molecule has 0 aliphatic carbocycles. The van der Waals surface area contributed by atoms with E-state index in [0.29, 0.717) is 5.41 Å². The van der Waals surface area contributed by atoms with E-state index in [-0.39, 0.29) is 17.2 Å². The summed E-state index contributed by atoms with van der Waals surface area (Å²) in [5.74, 6) is -1.62. The maximum absolute atomic E-state index is 12.6. The molecule has 4 nitrogen and oxygen atoms in total. The Hall–Kier alpha value is -1.84. The number of carbonyl (C=O) groups is 2. The first-order chi connectivity index (χ1) is 13.2. The molecule has 0 saturated carbocycles. The highest BCUT2D eigenvalue weighted by Gasteiger charge is 2.21. The first-order valence-corrected chi connectivity index (χ1v) is 10.8. The number of carboxylic acid groups (broad SMARTS) is 1. The van der Waals surface area contributed by atoms with Gasteiger partial charge in [0.1, 0.15) is 6.10 Å². The number of carbonyl (C=O) groups excluding carboxylic acids is 1. The molecule has 1 aromatic carbocycles. The summed E-state index contributed by atoms with van der Waals surface area (Å²) in [5.41, 5.74) is 0.454. The van der Waals surface area contributed by atoms with Gasteiger partial charge in [-0.05, 0) is 49.7 Å². The lowest BCUT2D eigenvalue weighted by Crippen LogP contribution is -2.20. The zero-order valence-corrected chi connectivity index (χ0v) is 18.1. The molecular formula is C24H38O4. The van der Waals surface area contributed by atoms with Crippen molar-refractivity contribution >= 4 is 11.9 Å². The molecule has 0 heterocycles. The van der Waals surface area contributed by atoms with Crippen LogP contribution in [0, 0.1) is 5.41 Å². The van der Waals surface area contributed by atoms with Gasteiger partial charge in [0.2, 0.25) is 0 Å². The highest BCUT2D eigenvalue weighted by Crippen LogP contribution is 2.24. The van der Waals surface area contributed by atoms with Crippen molar-refractivity contribution in [3.8, 4) is 0 Å². The number of hydrogen-bond donors (Lipinski definition) is 1. The third-order valence-corrected chi connectivity index (χ3v) is 4.98. The summed E-state index contributed by atoms with van der Waals surface area (Å²) in [6.07, 6.45) is 10.7. The molecule has 0 amide bonds. The lowest BCUT2D eigenvalue weighted by atomic mass is 9.89. The number of hydrogen-bond acceptors (Lipinski definition) is 3. The second-order valence-corrected chi connectivity index (χ2v) is 8.89. The highest BCUT2D eigenvalue weighted by atomic mass is 16.5. The minimum atomic E-state index is -1.10. The van der Waals surface area contributed by atoms with E-state index in [1.807, 2.05) is 0 Å². The van der Waals surface area contributed by atoms with Crippen LogP contribution in [0.1, 0.15) is 113 Å². The van der Waals surface area contributed by atoms with Crippen LogP contribution in [0.4, 0.5) is 0 Å². The van der Waals surface area contributed by atoms with Crippen LogP contribution in [-0.4, -0.2) is 23.1 Å². The van der Waals surface area contributed by atoms with Crippen LogP contribution in [0.5, 0.6) is 0 Å². The normalized spacial score (nSPS) is 12.6. The quantitative estimate of drug-likeness (QED) is 0.294. The molecule has 1 N–H and O–H groups in total. The van der Waals surface area contributed by atoms with Crippen LogP contribution < -0.4 is 0 Å². The van der Waals surface area contributed by atoms with E-state index in [2.05, 4.69) is 27.7 Å². The van der Waals surface area contributed by atoms with Gasteiger partial charge in [0.05, 0.1) is 11.1 Å². The fraction of sp³-hybridized carbons (Fsp3) is 0.667. The highest BCUT2D eigenvalue weighted by molar-refractivity contribution is 6.02. The van der Waals surface area contributed by atoms with Gasteiger partial charge in [-0.3, -0.25) is 0 Å². The van der Waals surface area contributed by atoms with Crippen LogP contribution in [0.15, 0.2) is 24.3 Å². The minimum absolute atomic E-state index is 0.00179. The average Bonchev–Trinajstić information content (AvgIpc) is 2.63. The molecule has 0 aliphatic rings. The zero-order chi connectivity index (χ0) is 21.0. The van der Waals surface area contributed by atoms with Crippen molar-refractivity contribution in [3.63, 3.8) is 0 Å². The Bertz CT molecular complexity index is 601. The van der Waals surface area contributed by atoms with E-state index in [4.69, 9.17) is 4.74 Å². The van der Waals surface area contributed by atoms with Gasteiger partial charge in [0.15, 0.2) is 0 Å². The molecule has 0 saturated heterocycles. The molecule has 0 spiro atoms. The predicted molar refractivity (Wildman–Crippen MR) is 114 cm³/mol. The van der Waals surface area contributed by atoms with E-state index in [1.54, 1.807) is 12.1 Å². The van der Waals surface area contributed by atoms with Crippen LogP contribution >= 0.6 is 0 Å². The summed E-state index contributed by atoms with van der Waals surface area (Å²) in [6.45, 7) is 8.91. The van der Waals surface area contributed by atoms with Gasteiger partial charge in [-0.1, -0.05) is 71.9 Å². The van der Waals surface area contributed by atoms with Gasteiger partial charge < -0.3 is 9.84 Å². The molecule has 28 heavy (non-hydrogen) atoms. The number of esters is 1. The van der Waals surface area contributed by atoms with Gasteiger partial charge in [-0.15, -0.1) is 0 Å². The summed E-state index contributed by atoms with van der Waals surface area (Å²) in [4.78, 5) is 24.0. The standard InChI is InChI=1S/C24H38O4/c1-5-6-7-8-9-14-19(15-12-13-18-24(2,3)4)28-23(27)21-17-11-10-16-20(21)22(25)26/h10-11,16-17,19H,5-9,12-15,18H2,1-4H3,(H,25,26). The second-order valence-electron chi connectivity index (χ2n) is 8.89. The molecule has 0 aliphatic heterocycles. The molecular weight excluding hydrogens is 352 g/mol. The van der Waals surface area contributed by atoms with Gasteiger partial charge in [-0.2, -0.15) is 0 Å². The summed E-state index contributed by atoms with van der Waals surface area (Å²) >= 11 is 0. The van der Waals surface area contributed by atoms with Gasteiger partial charge in [0, 0.05) is 0 Å². The van der Waals surface area contributed by atoms with Crippen LogP contribution in [-0.2, 0) is 4.74 Å². The third kappa shape index (κ3) is 9.91. The molecule has 1 unspecified atom stereocenters. The Morgan fingerprint density at radius 3 is 2.07 bits per heavy atom. The Morgan fingerprint density at radius 2 is 1.50 bits per heavy atom. The Balaban J connectivity index is 2.66.